The highest BCUT2D eigenvalue weighted by Gasteiger charge is 2.06. The second kappa shape index (κ2) is 8.04. The van der Waals surface area contributed by atoms with Gasteiger partial charge in [-0.1, -0.05) is 57.4 Å². The van der Waals surface area contributed by atoms with Crippen LogP contribution in [0.2, 0.25) is 0 Å². The predicted octanol–water partition coefficient (Wildman–Crippen LogP) is 4.73. The van der Waals surface area contributed by atoms with Gasteiger partial charge >= 0.3 is 0 Å². The Morgan fingerprint density at radius 1 is 1.10 bits per heavy atom. The molecule has 3 N–H and O–H groups in total. The van der Waals surface area contributed by atoms with Gasteiger partial charge in [0.15, 0.2) is 0 Å². The van der Waals surface area contributed by atoms with Crippen LogP contribution in [-0.2, 0) is 6.54 Å². The molecule has 0 aliphatic heterocycles. The van der Waals surface area contributed by atoms with Gasteiger partial charge in [-0.3, -0.25) is 0 Å². The van der Waals surface area contributed by atoms with Crippen LogP contribution in [0.1, 0.15) is 45.1 Å². The molecule has 2 aromatic carbocycles. The first kappa shape index (κ1) is 15.8. The van der Waals surface area contributed by atoms with Crippen LogP contribution >= 0.6 is 0 Å². The highest BCUT2D eigenvalue weighted by atomic mass is 14.9. The molecule has 114 valence electrons. The zero-order chi connectivity index (χ0) is 15.1. The number of hydrogen-bond donors (Lipinski definition) is 2. The van der Waals surface area contributed by atoms with Gasteiger partial charge in [0.25, 0.3) is 0 Å². The maximum atomic E-state index is 6.18. The van der Waals surface area contributed by atoms with Crippen LogP contribution in [0.4, 0.5) is 5.69 Å². The van der Waals surface area contributed by atoms with Gasteiger partial charge in [0.1, 0.15) is 0 Å². The molecule has 2 aromatic rings. The van der Waals surface area contributed by atoms with E-state index in [0.717, 1.165) is 24.7 Å². The number of nitrogen functional groups attached to an aromatic ring is 1. The molecule has 0 bridgehead atoms. The molecule has 2 nitrogen and oxygen atoms in total. The molecule has 0 saturated heterocycles. The lowest BCUT2D eigenvalue weighted by Crippen LogP contribution is -2.22. The Morgan fingerprint density at radius 3 is 2.48 bits per heavy atom. The Morgan fingerprint density at radius 2 is 1.81 bits per heavy atom. The molecular formula is C19H28N2. The second-order valence-electron chi connectivity index (χ2n) is 5.95. The van der Waals surface area contributed by atoms with Crippen molar-refractivity contribution in [3.63, 3.8) is 0 Å². The van der Waals surface area contributed by atoms with E-state index in [4.69, 9.17) is 5.73 Å². The molecule has 0 fully saturated rings. The molecule has 21 heavy (non-hydrogen) atoms. The Labute approximate surface area is 128 Å². The van der Waals surface area contributed by atoms with Gasteiger partial charge in [-0.15, -0.1) is 0 Å². The molecule has 0 aliphatic carbocycles. The van der Waals surface area contributed by atoms with Crippen LogP contribution in [0.3, 0.4) is 0 Å². The molecule has 1 atom stereocenters. The lowest BCUT2D eigenvalue weighted by Gasteiger charge is -2.16. The molecule has 0 amide bonds. The van der Waals surface area contributed by atoms with E-state index in [1.165, 1.54) is 42.0 Å². The van der Waals surface area contributed by atoms with Gasteiger partial charge in [-0.2, -0.15) is 0 Å². The zero-order valence-corrected chi connectivity index (χ0v) is 13.4. The monoisotopic (exact) mass is 284 g/mol. The van der Waals surface area contributed by atoms with Crippen molar-refractivity contribution < 1.29 is 0 Å². The Hall–Kier alpha value is -1.54. The van der Waals surface area contributed by atoms with Crippen LogP contribution in [0.15, 0.2) is 36.4 Å². The van der Waals surface area contributed by atoms with Gasteiger partial charge in [0.05, 0.1) is 0 Å². The fourth-order valence-corrected chi connectivity index (χ4v) is 2.81. The number of unbranched alkanes of at least 4 members (excludes halogenated alkanes) is 1. The van der Waals surface area contributed by atoms with Crippen LogP contribution in [-0.4, -0.2) is 6.54 Å². The minimum atomic E-state index is 0.784. The van der Waals surface area contributed by atoms with E-state index in [0.29, 0.717) is 0 Å². The second-order valence-corrected chi connectivity index (χ2v) is 5.95. The van der Waals surface area contributed by atoms with Crippen molar-refractivity contribution in [1.29, 1.82) is 0 Å². The summed E-state index contributed by atoms with van der Waals surface area (Å²) in [6.45, 7) is 6.49. The number of anilines is 1. The Balaban J connectivity index is 1.95. The molecule has 0 saturated carbocycles. The summed E-state index contributed by atoms with van der Waals surface area (Å²) in [5.41, 5.74) is 8.28. The van der Waals surface area contributed by atoms with E-state index in [1.54, 1.807) is 0 Å². The third-order valence-corrected chi connectivity index (χ3v) is 4.30. The van der Waals surface area contributed by atoms with Gasteiger partial charge in [0.2, 0.25) is 0 Å². The molecule has 2 heteroatoms. The van der Waals surface area contributed by atoms with Crippen LogP contribution in [0.5, 0.6) is 0 Å². The number of hydrogen-bond acceptors (Lipinski definition) is 2. The first-order valence-electron chi connectivity index (χ1n) is 8.22. The number of rotatable bonds is 8. The summed E-state index contributed by atoms with van der Waals surface area (Å²) in [5, 5.41) is 6.07. The highest BCUT2D eigenvalue weighted by molar-refractivity contribution is 5.86. The summed E-state index contributed by atoms with van der Waals surface area (Å²) < 4.78 is 0. The fraction of sp³-hybridized carbons (Fsp3) is 0.474. The SMILES string of the molecule is CCCCC(CC)CNCc1cc2ccccc2cc1N. The molecular weight excluding hydrogens is 256 g/mol. The van der Waals surface area contributed by atoms with Crippen molar-refractivity contribution in [2.24, 2.45) is 5.92 Å². The number of nitrogens with two attached hydrogens (primary N) is 1. The maximum absolute atomic E-state index is 6.18. The average Bonchev–Trinajstić information content (AvgIpc) is 2.51. The molecule has 0 aliphatic rings. The summed E-state index contributed by atoms with van der Waals surface area (Å²) in [4.78, 5) is 0. The number of benzene rings is 2. The third-order valence-electron chi connectivity index (χ3n) is 4.30. The van der Waals surface area contributed by atoms with Gasteiger partial charge in [0, 0.05) is 12.2 Å². The topological polar surface area (TPSA) is 38.0 Å². The normalized spacial score (nSPS) is 12.7. The van der Waals surface area contributed by atoms with E-state index >= 15 is 0 Å². The van der Waals surface area contributed by atoms with Crippen LogP contribution < -0.4 is 11.1 Å². The van der Waals surface area contributed by atoms with E-state index in [2.05, 4.69) is 55.6 Å². The molecule has 0 aromatic heterocycles. The molecule has 0 radical (unpaired) electrons. The largest absolute Gasteiger partial charge is 0.398 e. The van der Waals surface area contributed by atoms with E-state index in [9.17, 15) is 0 Å². The standard InChI is InChI=1S/C19H28N2/c1-3-5-8-15(4-2)13-21-14-18-11-16-9-6-7-10-17(16)12-19(18)20/h6-7,9-12,15,21H,3-5,8,13-14,20H2,1-2H3. The van der Waals surface area contributed by atoms with Crippen molar-refractivity contribution in [2.45, 2.75) is 46.1 Å². The van der Waals surface area contributed by atoms with Crippen molar-refractivity contribution in [3.05, 3.63) is 42.0 Å². The summed E-state index contributed by atoms with van der Waals surface area (Å²) in [5.74, 6) is 0.784. The summed E-state index contributed by atoms with van der Waals surface area (Å²) in [6.07, 6.45) is 5.19. The maximum Gasteiger partial charge on any atom is 0.0366 e. The van der Waals surface area contributed by atoms with Crippen LogP contribution in [0, 0.1) is 5.92 Å². The number of fused-ring (bicyclic) bond motifs is 1. The van der Waals surface area contributed by atoms with Gasteiger partial charge in [-0.25, -0.2) is 0 Å². The molecule has 0 heterocycles. The van der Waals surface area contributed by atoms with Crippen LogP contribution in [0.25, 0.3) is 10.8 Å². The third kappa shape index (κ3) is 4.47. The molecule has 2 rings (SSSR count). The first-order valence-corrected chi connectivity index (χ1v) is 8.22. The summed E-state index contributed by atoms with van der Waals surface area (Å²) >= 11 is 0. The minimum Gasteiger partial charge on any atom is -0.398 e. The lowest BCUT2D eigenvalue weighted by atomic mass is 9.99. The minimum absolute atomic E-state index is 0.784. The first-order chi connectivity index (χ1) is 10.2. The lowest BCUT2D eigenvalue weighted by molar-refractivity contribution is 0.419. The van der Waals surface area contributed by atoms with E-state index in [1.807, 2.05) is 0 Å². The van der Waals surface area contributed by atoms with E-state index in [-0.39, 0.29) is 0 Å². The van der Waals surface area contributed by atoms with Gasteiger partial charge in [-0.05, 0) is 47.4 Å². The van der Waals surface area contributed by atoms with E-state index < -0.39 is 0 Å². The Kier molecular flexibility index (Phi) is 6.06. The molecule has 0 spiro atoms. The van der Waals surface area contributed by atoms with Crippen molar-refractivity contribution >= 4 is 16.5 Å². The van der Waals surface area contributed by atoms with Crippen molar-refractivity contribution in [3.8, 4) is 0 Å². The highest BCUT2D eigenvalue weighted by Crippen LogP contribution is 2.22. The zero-order valence-electron chi connectivity index (χ0n) is 13.4. The fourth-order valence-electron chi connectivity index (χ4n) is 2.81. The smallest absolute Gasteiger partial charge is 0.0366 e. The summed E-state index contributed by atoms with van der Waals surface area (Å²) in [6, 6.07) is 12.7. The van der Waals surface area contributed by atoms with Crippen molar-refractivity contribution in [2.75, 3.05) is 12.3 Å². The number of nitrogens with one attached hydrogen (secondary N) is 1. The predicted molar refractivity (Wildman–Crippen MR) is 93.4 cm³/mol. The van der Waals surface area contributed by atoms with Crippen molar-refractivity contribution in [1.82, 2.24) is 5.32 Å². The quantitative estimate of drug-likeness (QED) is 0.688. The average molecular weight is 284 g/mol. The summed E-state index contributed by atoms with van der Waals surface area (Å²) in [7, 11) is 0. The Bertz CT molecular complexity index is 562. The molecule has 1 unspecified atom stereocenters. The van der Waals surface area contributed by atoms with Gasteiger partial charge < -0.3 is 11.1 Å².